The molecule has 0 fully saturated rings. The molecule has 0 atom stereocenters. The van der Waals surface area contributed by atoms with Crippen molar-refractivity contribution in [1.29, 1.82) is 0 Å². The second kappa shape index (κ2) is 10.4. The maximum Gasteiger partial charge on any atom is 0.337 e. The van der Waals surface area contributed by atoms with E-state index in [4.69, 9.17) is 4.74 Å². The van der Waals surface area contributed by atoms with Crippen LogP contribution >= 0.6 is 11.3 Å². The normalized spacial score (nSPS) is 10.6. The minimum Gasteiger partial charge on any atom is -0.492 e. The molecule has 11 heteroatoms. The van der Waals surface area contributed by atoms with Crippen LogP contribution in [0.5, 0.6) is 5.75 Å². The van der Waals surface area contributed by atoms with Crippen LogP contribution in [-0.2, 0) is 4.74 Å². The van der Waals surface area contributed by atoms with Gasteiger partial charge in [-0.05, 0) is 50.2 Å². The van der Waals surface area contributed by atoms with Crippen molar-refractivity contribution in [2.24, 2.45) is 0 Å². The van der Waals surface area contributed by atoms with Gasteiger partial charge in [0.1, 0.15) is 16.3 Å². The van der Waals surface area contributed by atoms with Crippen LogP contribution in [0.1, 0.15) is 43.1 Å². The topological polar surface area (TPSA) is 128 Å². The third-order valence-corrected chi connectivity index (χ3v) is 6.11. The number of fused-ring (bicyclic) bond motifs is 1. The third kappa shape index (κ3) is 4.96. The van der Waals surface area contributed by atoms with Gasteiger partial charge in [-0.1, -0.05) is 23.5 Å². The Morgan fingerprint density at radius 1 is 1.03 bits per heavy atom. The van der Waals surface area contributed by atoms with Crippen molar-refractivity contribution in [2.75, 3.05) is 24.4 Å². The van der Waals surface area contributed by atoms with E-state index in [-0.39, 0.29) is 15.5 Å². The molecular formula is C25H22N4O6S. The molecule has 10 nitrogen and oxygen atoms in total. The average molecular weight is 507 g/mol. The number of hydrogen-bond donors (Lipinski definition) is 2. The molecule has 0 bridgehead atoms. The van der Waals surface area contributed by atoms with Gasteiger partial charge in [0.05, 0.1) is 25.0 Å². The number of methoxy groups -OCH3 is 1. The predicted molar refractivity (Wildman–Crippen MR) is 135 cm³/mol. The van der Waals surface area contributed by atoms with E-state index in [0.717, 1.165) is 15.7 Å². The first-order valence-corrected chi connectivity index (χ1v) is 11.7. The highest BCUT2D eigenvalue weighted by atomic mass is 32.1. The number of ether oxygens (including phenoxy) is 2. The summed E-state index contributed by atoms with van der Waals surface area (Å²) in [5, 5.41) is 5.44. The molecule has 2 N–H and O–H groups in total. The monoisotopic (exact) mass is 506 g/mol. The molecule has 0 aliphatic carbocycles. The van der Waals surface area contributed by atoms with E-state index in [2.05, 4.69) is 20.4 Å². The first kappa shape index (κ1) is 24.6. The molecule has 0 saturated heterocycles. The van der Waals surface area contributed by atoms with Crippen molar-refractivity contribution in [2.45, 2.75) is 13.8 Å². The van der Waals surface area contributed by atoms with Gasteiger partial charge in [0.15, 0.2) is 4.96 Å². The Balaban J connectivity index is 1.73. The van der Waals surface area contributed by atoms with Gasteiger partial charge in [-0.3, -0.25) is 14.4 Å². The number of esters is 1. The zero-order valence-electron chi connectivity index (χ0n) is 19.7. The summed E-state index contributed by atoms with van der Waals surface area (Å²) in [6.45, 7) is 3.86. The first-order valence-electron chi connectivity index (χ1n) is 10.9. The second-order valence-electron chi connectivity index (χ2n) is 7.54. The number of carbonyl (C=O) groups excluding carboxylic acids is 3. The molecule has 0 saturated carbocycles. The third-order valence-electron chi connectivity index (χ3n) is 5.07. The van der Waals surface area contributed by atoms with E-state index >= 15 is 0 Å². The van der Waals surface area contributed by atoms with Crippen LogP contribution in [0.15, 0.2) is 59.4 Å². The number of amides is 2. The number of aryl methyl sites for hydroxylation is 1. The average Bonchev–Trinajstić information content (AvgIpc) is 3.25. The van der Waals surface area contributed by atoms with Gasteiger partial charge < -0.3 is 20.1 Å². The highest BCUT2D eigenvalue weighted by Gasteiger charge is 2.27. The van der Waals surface area contributed by atoms with Crippen LogP contribution in [0.4, 0.5) is 11.4 Å². The molecule has 2 aromatic heterocycles. The van der Waals surface area contributed by atoms with E-state index < -0.39 is 23.3 Å². The van der Waals surface area contributed by atoms with Crippen LogP contribution in [-0.4, -0.2) is 40.9 Å². The summed E-state index contributed by atoms with van der Waals surface area (Å²) in [7, 11) is 1.27. The number of aromatic nitrogens is 2. The predicted octanol–water partition coefficient (Wildman–Crippen LogP) is 3.75. The van der Waals surface area contributed by atoms with Crippen LogP contribution in [0.25, 0.3) is 4.96 Å². The minimum absolute atomic E-state index is 0.00589. The molecule has 2 heterocycles. The number of anilines is 2. The van der Waals surface area contributed by atoms with E-state index in [1.165, 1.54) is 37.4 Å². The Morgan fingerprint density at radius 2 is 1.75 bits per heavy atom. The van der Waals surface area contributed by atoms with E-state index in [1.54, 1.807) is 31.2 Å². The molecule has 0 aliphatic rings. The fourth-order valence-corrected chi connectivity index (χ4v) is 4.54. The number of nitrogens with one attached hydrogen (secondary N) is 2. The summed E-state index contributed by atoms with van der Waals surface area (Å²) < 4.78 is 11.4. The minimum atomic E-state index is -0.674. The van der Waals surface area contributed by atoms with Crippen molar-refractivity contribution in [3.63, 3.8) is 0 Å². The van der Waals surface area contributed by atoms with Crippen molar-refractivity contribution in [1.82, 2.24) is 9.38 Å². The largest absolute Gasteiger partial charge is 0.492 e. The molecule has 2 aromatic carbocycles. The summed E-state index contributed by atoms with van der Waals surface area (Å²) in [5.41, 5.74) is 0.911. The second-order valence-corrected chi connectivity index (χ2v) is 8.52. The van der Waals surface area contributed by atoms with Gasteiger partial charge >= 0.3 is 5.97 Å². The Labute approximate surface area is 209 Å². The van der Waals surface area contributed by atoms with Crippen LogP contribution in [0, 0.1) is 6.92 Å². The number of hydrogen-bond acceptors (Lipinski definition) is 8. The first-order chi connectivity index (χ1) is 17.3. The van der Waals surface area contributed by atoms with Gasteiger partial charge in [0, 0.05) is 17.4 Å². The zero-order valence-corrected chi connectivity index (χ0v) is 20.5. The van der Waals surface area contributed by atoms with Gasteiger partial charge in [0.25, 0.3) is 17.4 Å². The van der Waals surface area contributed by atoms with Gasteiger partial charge in [-0.25, -0.2) is 14.2 Å². The number of rotatable bonds is 7. The molecule has 4 rings (SSSR count). The maximum atomic E-state index is 13.4. The van der Waals surface area contributed by atoms with Crippen LogP contribution < -0.4 is 20.9 Å². The molecule has 4 aromatic rings. The summed E-state index contributed by atoms with van der Waals surface area (Å²) >= 11 is 0.918. The van der Waals surface area contributed by atoms with E-state index in [0.29, 0.717) is 35.0 Å². The van der Waals surface area contributed by atoms with Crippen LogP contribution in [0.2, 0.25) is 0 Å². The van der Waals surface area contributed by atoms with Gasteiger partial charge in [0.2, 0.25) is 0 Å². The highest BCUT2D eigenvalue weighted by Crippen LogP contribution is 2.27. The van der Waals surface area contributed by atoms with Gasteiger partial charge in [-0.2, -0.15) is 0 Å². The molecule has 0 unspecified atom stereocenters. The maximum absolute atomic E-state index is 13.4. The number of para-hydroxylation sites is 2. The Bertz CT molecular complexity index is 1520. The lowest BCUT2D eigenvalue weighted by Gasteiger charge is -2.12. The smallest absolute Gasteiger partial charge is 0.337 e. The lowest BCUT2D eigenvalue weighted by Crippen LogP contribution is -2.25. The molecule has 0 aliphatic heterocycles. The molecule has 36 heavy (non-hydrogen) atoms. The van der Waals surface area contributed by atoms with E-state index in [9.17, 15) is 19.2 Å². The van der Waals surface area contributed by atoms with Crippen molar-refractivity contribution in [3.8, 4) is 5.75 Å². The van der Waals surface area contributed by atoms with Crippen molar-refractivity contribution >= 4 is 45.5 Å². The van der Waals surface area contributed by atoms with Crippen LogP contribution in [0.3, 0.4) is 0 Å². The summed E-state index contributed by atoms with van der Waals surface area (Å²) in [5.74, 6) is -1.35. The zero-order chi connectivity index (χ0) is 25.8. The summed E-state index contributed by atoms with van der Waals surface area (Å²) in [4.78, 5) is 55.7. The van der Waals surface area contributed by atoms with Crippen molar-refractivity contribution in [3.05, 3.63) is 86.8 Å². The SMILES string of the molecule is CCOc1ccccc1NC(=O)c1c(C(=O)Nc2ccc(C(=O)OC)cc2)sc2nc(C)cc(=O)n12. The Morgan fingerprint density at radius 3 is 2.44 bits per heavy atom. The van der Waals surface area contributed by atoms with E-state index in [1.807, 2.05) is 6.92 Å². The lowest BCUT2D eigenvalue weighted by atomic mass is 10.2. The number of benzene rings is 2. The van der Waals surface area contributed by atoms with Gasteiger partial charge in [-0.15, -0.1) is 0 Å². The number of nitrogens with zero attached hydrogens (tertiary/aromatic N) is 2. The fraction of sp³-hybridized carbons (Fsp3) is 0.160. The molecule has 0 radical (unpaired) electrons. The lowest BCUT2D eigenvalue weighted by molar-refractivity contribution is 0.0600. The summed E-state index contributed by atoms with van der Waals surface area (Å²) in [6, 6.07) is 14.2. The standard InChI is InChI=1S/C25H22N4O6S/c1-4-35-18-8-6-5-7-17(18)28-22(31)20-21(36-25-26-14(2)13-19(30)29(20)25)23(32)27-16-11-9-15(10-12-16)24(33)34-3/h5-13H,4H2,1-3H3,(H,27,32)(H,28,31). The van der Waals surface area contributed by atoms with Crippen molar-refractivity contribution < 1.29 is 23.9 Å². The Kier molecular flexibility index (Phi) is 7.11. The number of thiazole rings is 1. The Hall–Kier alpha value is -4.51. The molecule has 184 valence electrons. The molecular weight excluding hydrogens is 484 g/mol. The quantitative estimate of drug-likeness (QED) is 0.365. The molecule has 0 spiro atoms. The fourth-order valence-electron chi connectivity index (χ4n) is 3.47. The highest BCUT2D eigenvalue weighted by molar-refractivity contribution is 7.19. The number of carbonyl (C=O) groups is 3. The summed E-state index contributed by atoms with van der Waals surface area (Å²) in [6.07, 6.45) is 0. The molecule has 2 amide bonds.